The van der Waals surface area contributed by atoms with Crippen molar-refractivity contribution in [3.63, 3.8) is 0 Å². The number of carbonyl (C=O) groups excluding carboxylic acids is 2. The molecule has 1 amide bonds. The minimum atomic E-state index is -0.806. The maximum Gasteiger partial charge on any atom is 0.306 e. The molecule has 0 aromatic heterocycles. The third kappa shape index (κ3) is 41.8. The number of hydrogen-bond donors (Lipinski definition) is 3. The first-order chi connectivity index (χ1) is 29.5. The molecule has 0 aliphatic rings. The van der Waals surface area contributed by atoms with Gasteiger partial charge < -0.3 is 20.3 Å². The van der Waals surface area contributed by atoms with Crippen LogP contribution in [0.3, 0.4) is 0 Å². The molecule has 60 heavy (non-hydrogen) atoms. The van der Waals surface area contributed by atoms with Crippen LogP contribution in [-0.2, 0) is 14.3 Å². The van der Waals surface area contributed by atoms with E-state index < -0.39 is 18.2 Å². The molecule has 0 heterocycles. The minimum absolute atomic E-state index is 0.0296. The first kappa shape index (κ1) is 57.0. The molecule has 3 unspecified atom stereocenters. The smallest absolute Gasteiger partial charge is 0.306 e. The quantitative estimate of drug-likeness (QED) is 0.0323. The van der Waals surface area contributed by atoms with Gasteiger partial charge in [0.05, 0.1) is 25.2 Å². The largest absolute Gasteiger partial charge is 0.462 e. The lowest BCUT2D eigenvalue weighted by Crippen LogP contribution is -2.46. The lowest BCUT2D eigenvalue weighted by molar-refractivity contribution is -0.151. The highest BCUT2D eigenvalue weighted by atomic mass is 16.5. The van der Waals surface area contributed by atoms with Crippen molar-refractivity contribution in [2.24, 2.45) is 0 Å². The minimum Gasteiger partial charge on any atom is -0.462 e. The van der Waals surface area contributed by atoms with E-state index in [0.717, 1.165) is 83.5 Å². The number of rotatable bonds is 43. The van der Waals surface area contributed by atoms with Crippen molar-refractivity contribution in [1.82, 2.24) is 5.32 Å². The number of nitrogens with one attached hydrogen (secondary N) is 1. The molecule has 6 heteroatoms. The number of ether oxygens (including phenoxy) is 1. The van der Waals surface area contributed by atoms with Gasteiger partial charge in [-0.25, -0.2) is 0 Å². The second kappa shape index (κ2) is 47.1. The van der Waals surface area contributed by atoms with Crippen molar-refractivity contribution in [3.05, 3.63) is 85.1 Å². The Balaban J connectivity index is 4.72. The molecule has 344 valence electrons. The van der Waals surface area contributed by atoms with E-state index in [1.54, 1.807) is 0 Å². The highest BCUT2D eigenvalue weighted by molar-refractivity contribution is 5.77. The molecular weight excluding hydrogens is 743 g/mol. The fourth-order valence-electron chi connectivity index (χ4n) is 7.04. The predicted molar refractivity (Wildman–Crippen MR) is 259 cm³/mol. The molecule has 6 nitrogen and oxygen atoms in total. The van der Waals surface area contributed by atoms with E-state index in [0.29, 0.717) is 19.3 Å². The Labute approximate surface area is 370 Å². The van der Waals surface area contributed by atoms with Crippen LogP contribution < -0.4 is 5.32 Å². The van der Waals surface area contributed by atoms with Crippen LogP contribution >= 0.6 is 0 Å². The standard InChI is InChI=1S/C54H93NO5/c1-4-7-10-13-16-19-21-23-25-26-27-28-30-32-35-38-41-44-47-54(59)60-50(45-42-39-36-34-31-29-24-22-20-17-14-11-8-5-2)48-53(58)55-51(49-56)52(57)46-43-40-37-33-18-15-12-9-6-3/h10,13,16,19,21,23,25-29,31,34,36,50-52,56-57H,4-9,11-12,14-15,17-18,20,22,24,30,32-33,35,37-49H2,1-3H3,(H,55,58)/b13-10+,19-16+,23-21+,26-25+,28-27+,31-29+,36-34+. The average Bonchev–Trinajstić information content (AvgIpc) is 3.24. The summed E-state index contributed by atoms with van der Waals surface area (Å²) in [6.45, 7) is 6.34. The van der Waals surface area contributed by atoms with Gasteiger partial charge in [-0.2, -0.15) is 0 Å². The average molecular weight is 836 g/mol. The molecule has 3 atom stereocenters. The predicted octanol–water partition coefficient (Wildman–Crippen LogP) is 14.8. The first-order valence-corrected chi connectivity index (χ1v) is 24.9. The van der Waals surface area contributed by atoms with E-state index in [1.807, 2.05) is 24.3 Å². The Hall–Kier alpha value is -2.96. The van der Waals surface area contributed by atoms with Crippen LogP contribution in [0.2, 0.25) is 0 Å². The summed E-state index contributed by atoms with van der Waals surface area (Å²) in [6.07, 6.45) is 60.7. The Bertz CT molecular complexity index is 1160. The third-order valence-corrected chi connectivity index (χ3v) is 10.8. The topological polar surface area (TPSA) is 95.9 Å². The Morgan fingerprint density at radius 2 is 0.900 bits per heavy atom. The van der Waals surface area contributed by atoms with Gasteiger partial charge in [0.25, 0.3) is 0 Å². The SMILES string of the molecule is CCC/C=C/C=C/C=C/C=C/C=C/CCCCCCCC(=O)OC(CCC/C=C/C=C/CCCCCCCCC)CC(=O)NC(CO)C(O)CCCCCCCCCCC. The second-order valence-corrected chi connectivity index (χ2v) is 16.7. The highest BCUT2D eigenvalue weighted by Crippen LogP contribution is 2.16. The molecule has 0 saturated carbocycles. The fraction of sp³-hybridized carbons (Fsp3) is 0.704. The van der Waals surface area contributed by atoms with Crippen molar-refractivity contribution < 1.29 is 24.5 Å². The van der Waals surface area contributed by atoms with Gasteiger partial charge in [-0.05, 0) is 64.2 Å². The van der Waals surface area contributed by atoms with Crippen LogP contribution in [-0.4, -0.2) is 46.9 Å². The monoisotopic (exact) mass is 836 g/mol. The zero-order chi connectivity index (χ0) is 43.8. The van der Waals surface area contributed by atoms with Crippen LogP contribution in [0.25, 0.3) is 0 Å². The molecule has 0 aromatic carbocycles. The van der Waals surface area contributed by atoms with Crippen molar-refractivity contribution in [2.45, 2.75) is 238 Å². The number of esters is 1. The molecule has 0 fully saturated rings. The number of amides is 1. The normalized spacial score (nSPS) is 14.0. The Morgan fingerprint density at radius 3 is 1.40 bits per heavy atom. The van der Waals surface area contributed by atoms with Crippen molar-refractivity contribution in [1.29, 1.82) is 0 Å². The number of carbonyl (C=O) groups is 2. The fourth-order valence-corrected chi connectivity index (χ4v) is 7.04. The van der Waals surface area contributed by atoms with Gasteiger partial charge in [0.2, 0.25) is 5.91 Å². The van der Waals surface area contributed by atoms with Crippen LogP contribution in [0.15, 0.2) is 85.1 Å². The van der Waals surface area contributed by atoms with Crippen LogP contribution in [0.1, 0.15) is 220 Å². The highest BCUT2D eigenvalue weighted by Gasteiger charge is 2.24. The molecule has 0 spiro atoms. The molecule has 0 aromatic rings. The van der Waals surface area contributed by atoms with E-state index >= 15 is 0 Å². The van der Waals surface area contributed by atoms with Gasteiger partial charge in [0.1, 0.15) is 6.10 Å². The molecule has 0 rings (SSSR count). The molecule has 0 aliphatic heterocycles. The van der Waals surface area contributed by atoms with Gasteiger partial charge in [0, 0.05) is 6.42 Å². The van der Waals surface area contributed by atoms with Crippen molar-refractivity contribution in [2.75, 3.05) is 6.61 Å². The Morgan fingerprint density at radius 1 is 0.483 bits per heavy atom. The zero-order valence-corrected chi connectivity index (χ0v) is 39.1. The zero-order valence-electron chi connectivity index (χ0n) is 39.1. The van der Waals surface area contributed by atoms with E-state index in [1.165, 1.54) is 89.9 Å². The summed E-state index contributed by atoms with van der Waals surface area (Å²) >= 11 is 0. The van der Waals surface area contributed by atoms with Crippen molar-refractivity contribution >= 4 is 11.9 Å². The maximum absolute atomic E-state index is 13.2. The number of allylic oxidation sites excluding steroid dienone is 14. The summed E-state index contributed by atoms with van der Waals surface area (Å²) in [7, 11) is 0. The summed E-state index contributed by atoms with van der Waals surface area (Å²) in [5.41, 5.74) is 0. The van der Waals surface area contributed by atoms with Gasteiger partial charge in [-0.1, -0.05) is 228 Å². The van der Waals surface area contributed by atoms with Crippen LogP contribution in [0, 0.1) is 0 Å². The molecule has 0 saturated heterocycles. The summed E-state index contributed by atoms with van der Waals surface area (Å²) in [6, 6.07) is -0.724. The number of unbranched alkanes of at least 4 members (excludes halogenated alkanes) is 22. The maximum atomic E-state index is 13.2. The van der Waals surface area contributed by atoms with Gasteiger partial charge in [-0.3, -0.25) is 9.59 Å². The van der Waals surface area contributed by atoms with Gasteiger partial charge >= 0.3 is 5.97 Å². The van der Waals surface area contributed by atoms with Crippen LogP contribution in [0.5, 0.6) is 0 Å². The van der Waals surface area contributed by atoms with E-state index in [4.69, 9.17) is 4.74 Å². The summed E-state index contributed by atoms with van der Waals surface area (Å²) < 4.78 is 5.89. The summed E-state index contributed by atoms with van der Waals surface area (Å²) in [5, 5.41) is 23.6. The molecule has 0 radical (unpaired) electrons. The van der Waals surface area contributed by atoms with Gasteiger partial charge in [0.15, 0.2) is 0 Å². The molecular formula is C54H93NO5. The Kier molecular flexibility index (Phi) is 44.8. The van der Waals surface area contributed by atoms with E-state index in [2.05, 4.69) is 86.8 Å². The summed E-state index contributed by atoms with van der Waals surface area (Å²) in [4.78, 5) is 26.1. The number of aliphatic hydroxyl groups excluding tert-OH is 2. The van der Waals surface area contributed by atoms with E-state index in [-0.39, 0.29) is 24.9 Å². The summed E-state index contributed by atoms with van der Waals surface area (Å²) in [5.74, 6) is -0.557. The molecule has 0 bridgehead atoms. The first-order valence-electron chi connectivity index (χ1n) is 24.9. The lowest BCUT2D eigenvalue weighted by atomic mass is 10.0. The van der Waals surface area contributed by atoms with Crippen LogP contribution in [0.4, 0.5) is 0 Å². The molecule has 0 aliphatic carbocycles. The second-order valence-electron chi connectivity index (χ2n) is 16.7. The lowest BCUT2D eigenvalue weighted by Gasteiger charge is -2.24. The van der Waals surface area contributed by atoms with Crippen molar-refractivity contribution in [3.8, 4) is 0 Å². The number of aliphatic hydroxyl groups is 2. The third-order valence-electron chi connectivity index (χ3n) is 10.8. The molecule has 3 N–H and O–H groups in total. The van der Waals surface area contributed by atoms with E-state index in [9.17, 15) is 19.8 Å². The van der Waals surface area contributed by atoms with Gasteiger partial charge in [-0.15, -0.1) is 0 Å². The number of hydrogen-bond acceptors (Lipinski definition) is 5.